The summed E-state index contributed by atoms with van der Waals surface area (Å²) in [7, 11) is -0.821. The Balaban J connectivity index is 1.91. The molecule has 0 spiro atoms. The van der Waals surface area contributed by atoms with Gasteiger partial charge in [0.15, 0.2) is 0 Å². The van der Waals surface area contributed by atoms with Gasteiger partial charge in [-0.05, 0) is 30.5 Å². The molecule has 0 amide bonds. The van der Waals surface area contributed by atoms with Gasteiger partial charge >= 0.3 is 14.4 Å². The number of rotatable bonds is 8. The fourth-order valence-corrected chi connectivity index (χ4v) is 3.50. The summed E-state index contributed by atoms with van der Waals surface area (Å²) in [6.07, 6.45) is 2.35. The molecule has 24 heavy (non-hydrogen) atoms. The van der Waals surface area contributed by atoms with Crippen LogP contribution in [0.1, 0.15) is 42.1 Å². The van der Waals surface area contributed by atoms with Crippen LogP contribution in [0.15, 0.2) is 24.3 Å². The Kier molecular flexibility index (Phi) is 6.87. The zero-order valence-electron chi connectivity index (χ0n) is 13.8. The minimum atomic E-state index is -1.29. The number of carbonyl (C=O) groups is 1. The lowest BCUT2D eigenvalue weighted by atomic mass is 10.0. The fourth-order valence-electron chi connectivity index (χ4n) is 2.90. The van der Waals surface area contributed by atoms with E-state index >= 15 is 0 Å². The summed E-state index contributed by atoms with van der Waals surface area (Å²) in [5.41, 5.74) is 1.19. The van der Waals surface area contributed by atoms with Crippen molar-refractivity contribution >= 4 is 14.4 Å². The van der Waals surface area contributed by atoms with Gasteiger partial charge in [-0.25, -0.2) is 4.79 Å². The highest BCUT2D eigenvalue weighted by Gasteiger charge is 2.47. The SMILES string of the molecule is CCCCC(O)([PH+]=O)[C@H]1CN[C@H](Cc2cccc(C(=O)O)c2)CO1. The van der Waals surface area contributed by atoms with E-state index in [0.29, 0.717) is 26.0 Å². The maximum absolute atomic E-state index is 11.4. The van der Waals surface area contributed by atoms with Crippen molar-refractivity contribution in [3.8, 4) is 0 Å². The Bertz CT molecular complexity index is 574. The molecule has 2 rings (SSSR count). The highest BCUT2D eigenvalue weighted by molar-refractivity contribution is 7.25. The first kappa shape index (κ1) is 19.0. The summed E-state index contributed by atoms with van der Waals surface area (Å²) in [6.45, 7) is 2.84. The number of aromatic carboxylic acids is 1. The Hall–Kier alpha value is -1.33. The number of carboxylic acids is 1. The lowest BCUT2D eigenvalue weighted by molar-refractivity contribution is -0.0884. The molecule has 4 atom stereocenters. The smallest absolute Gasteiger partial charge is 0.362 e. The molecule has 1 aromatic carbocycles. The van der Waals surface area contributed by atoms with Crippen molar-refractivity contribution in [2.45, 2.75) is 50.1 Å². The average Bonchev–Trinajstić information content (AvgIpc) is 2.60. The molecule has 0 saturated carbocycles. The van der Waals surface area contributed by atoms with E-state index in [0.717, 1.165) is 18.4 Å². The van der Waals surface area contributed by atoms with Gasteiger partial charge in [0.05, 0.1) is 12.2 Å². The van der Waals surface area contributed by atoms with Gasteiger partial charge in [-0.2, -0.15) is 0 Å². The normalized spacial score (nSPS) is 23.8. The fraction of sp³-hybridized carbons (Fsp3) is 0.588. The number of unbranched alkanes of at least 4 members (excludes halogenated alkanes) is 1. The molecule has 0 bridgehead atoms. The first-order valence-electron chi connectivity index (χ1n) is 8.27. The van der Waals surface area contributed by atoms with Gasteiger partial charge in [-0.1, -0.05) is 30.0 Å². The van der Waals surface area contributed by atoms with Crippen LogP contribution < -0.4 is 5.32 Å². The predicted octanol–water partition coefficient (Wildman–Crippen LogP) is 2.19. The molecular weight excluding hydrogens is 329 g/mol. The van der Waals surface area contributed by atoms with Crippen LogP contribution in [0.4, 0.5) is 0 Å². The highest BCUT2D eigenvalue weighted by Crippen LogP contribution is 2.33. The number of hydrogen-bond donors (Lipinski definition) is 3. The summed E-state index contributed by atoms with van der Waals surface area (Å²) >= 11 is 0. The third-order valence-electron chi connectivity index (χ3n) is 4.37. The molecule has 6 nitrogen and oxygen atoms in total. The molecule has 1 saturated heterocycles. The zero-order valence-corrected chi connectivity index (χ0v) is 14.8. The van der Waals surface area contributed by atoms with Gasteiger partial charge in [0.2, 0.25) is 0 Å². The maximum Gasteiger partial charge on any atom is 0.362 e. The van der Waals surface area contributed by atoms with Gasteiger partial charge in [-0.3, -0.25) is 0 Å². The van der Waals surface area contributed by atoms with E-state index in [9.17, 15) is 14.5 Å². The molecule has 1 aliphatic rings. The lowest BCUT2D eigenvalue weighted by Crippen LogP contribution is -2.54. The second-order valence-corrected chi connectivity index (χ2v) is 7.34. The van der Waals surface area contributed by atoms with E-state index in [1.807, 2.05) is 13.0 Å². The number of nitrogens with one attached hydrogen (secondary N) is 1. The minimum absolute atomic E-state index is 0.0377. The largest absolute Gasteiger partial charge is 0.478 e. The van der Waals surface area contributed by atoms with Crippen molar-refractivity contribution in [3.05, 3.63) is 35.4 Å². The van der Waals surface area contributed by atoms with Crippen LogP contribution in [-0.4, -0.2) is 46.8 Å². The minimum Gasteiger partial charge on any atom is -0.478 e. The van der Waals surface area contributed by atoms with E-state index in [2.05, 4.69) is 5.32 Å². The summed E-state index contributed by atoms with van der Waals surface area (Å²) < 4.78 is 17.2. The Labute approximate surface area is 143 Å². The average molecular weight is 354 g/mol. The number of carboxylic acid groups (broad SMARTS) is 1. The number of hydrogen-bond acceptors (Lipinski definition) is 5. The summed E-state index contributed by atoms with van der Waals surface area (Å²) in [4.78, 5) is 11.0. The Morgan fingerprint density at radius 2 is 2.29 bits per heavy atom. The molecular formula is C17H25NO5P+. The number of morpholine rings is 1. The first-order chi connectivity index (χ1) is 11.5. The highest BCUT2D eigenvalue weighted by atomic mass is 31.1. The number of ether oxygens (including phenoxy) is 1. The monoisotopic (exact) mass is 354 g/mol. The summed E-state index contributed by atoms with van der Waals surface area (Å²) in [5, 5.41) is 21.6. The zero-order chi connectivity index (χ0) is 17.6. The summed E-state index contributed by atoms with van der Waals surface area (Å²) in [6, 6.07) is 6.88. The lowest BCUT2D eigenvalue weighted by Gasteiger charge is -2.34. The third-order valence-corrected chi connectivity index (χ3v) is 5.29. The third kappa shape index (κ3) is 4.84. The van der Waals surface area contributed by atoms with Crippen molar-refractivity contribution in [2.75, 3.05) is 13.2 Å². The van der Waals surface area contributed by atoms with E-state index in [4.69, 9.17) is 9.84 Å². The Morgan fingerprint density at radius 1 is 1.50 bits per heavy atom. The molecule has 0 aliphatic carbocycles. The first-order valence-corrected chi connectivity index (χ1v) is 9.18. The molecule has 2 unspecified atom stereocenters. The second-order valence-electron chi connectivity index (χ2n) is 6.27. The van der Waals surface area contributed by atoms with E-state index < -0.39 is 25.9 Å². The van der Waals surface area contributed by atoms with Crippen LogP contribution in [0.25, 0.3) is 0 Å². The predicted molar refractivity (Wildman–Crippen MR) is 92.1 cm³/mol. The van der Waals surface area contributed by atoms with Crippen molar-refractivity contribution in [1.29, 1.82) is 0 Å². The van der Waals surface area contributed by atoms with Gasteiger partial charge < -0.3 is 20.3 Å². The maximum atomic E-state index is 11.4. The molecule has 1 fully saturated rings. The van der Waals surface area contributed by atoms with Gasteiger partial charge in [0, 0.05) is 19.0 Å². The van der Waals surface area contributed by atoms with Crippen molar-refractivity contribution < 1.29 is 24.3 Å². The van der Waals surface area contributed by atoms with E-state index in [-0.39, 0.29) is 11.6 Å². The van der Waals surface area contributed by atoms with Crippen molar-refractivity contribution in [1.82, 2.24) is 5.32 Å². The molecule has 0 aromatic heterocycles. The van der Waals surface area contributed by atoms with Gasteiger partial charge in [0.1, 0.15) is 6.10 Å². The van der Waals surface area contributed by atoms with E-state index in [1.165, 1.54) is 0 Å². The number of benzene rings is 1. The van der Waals surface area contributed by atoms with Crippen LogP contribution in [-0.2, 0) is 15.7 Å². The summed E-state index contributed by atoms with van der Waals surface area (Å²) in [5.74, 6) is -0.942. The Morgan fingerprint density at radius 3 is 2.88 bits per heavy atom. The van der Waals surface area contributed by atoms with Crippen LogP contribution in [0.5, 0.6) is 0 Å². The second kappa shape index (κ2) is 8.67. The van der Waals surface area contributed by atoms with E-state index in [1.54, 1.807) is 18.2 Å². The molecule has 3 N–H and O–H groups in total. The van der Waals surface area contributed by atoms with Crippen molar-refractivity contribution in [2.24, 2.45) is 0 Å². The quantitative estimate of drug-likeness (QED) is 0.620. The molecule has 1 aromatic rings. The van der Waals surface area contributed by atoms with Gasteiger partial charge in [-0.15, -0.1) is 0 Å². The van der Waals surface area contributed by atoms with Crippen LogP contribution in [0, 0.1) is 0 Å². The molecule has 132 valence electrons. The topological polar surface area (TPSA) is 95.9 Å². The molecule has 7 heteroatoms. The molecule has 0 radical (unpaired) electrons. The molecule has 1 heterocycles. The van der Waals surface area contributed by atoms with Crippen LogP contribution in [0.2, 0.25) is 0 Å². The number of aliphatic hydroxyl groups is 1. The van der Waals surface area contributed by atoms with Crippen LogP contribution >= 0.6 is 8.46 Å². The van der Waals surface area contributed by atoms with Crippen molar-refractivity contribution in [3.63, 3.8) is 0 Å². The van der Waals surface area contributed by atoms with Gasteiger partial charge in [0.25, 0.3) is 5.34 Å². The van der Waals surface area contributed by atoms with Crippen LogP contribution in [0.3, 0.4) is 0 Å². The molecule has 1 aliphatic heterocycles. The standard InChI is InChI=1S/C17H24NO5P/c1-2-3-7-17(21,24-22)15-10-18-14(11-23-15)9-12-5-4-6-13(8-12)16(19)20/h4-6,8,14-15,18,21H,2-3,7,9-11H2,1H3,(H,19,20)/p+1/t14-,15-,17?/m1/s1.